The van der Waals surface area contributed by atoms with Gasteiger partial charge in [0, 0.05) is 25.0 Å². The van der Waals surface area contributed by atoms with E-state index in [9.17, 15) is 37.1 Å². The Morgan fingerprint density at radius 3 is 2.23 bits per heavy atom. The van der Waals surface area contributed by atoms with Crippen LogP contribution in [0, 0.1) is 23.2 Å². The number of carbonyl (C=O) groups is 5. The number of ketones is 1. The molecule has 1 saturated heterocycles. The minimum Gasteiger partial charge on any atom is -0.347 e. The molecule has 4 N–H and O–H groups in total. The lowest BCUT2D eigenvalue weighted by Crippen LogP contribution is -2.62. The van der Waals surface area contributed by atoms with Gasteiger partial charge in [-0.15, -0.1) is 0 Å². The van der Waals surface area contributed by atoms with Crippen LogP contribution in [-0.2, 0) is 24.0 Å². The van der Waals surface area contributed by atoms with Crippen molar-refractivity contribution in [2.45, 2.75) is 147 Å². The van der Waals surface area contributed by atoms with E-state index < -0.39 is 77.1 Å². The molecule has 5 rings (SSSR count). The summed E-state index contributed by atoms with van der Waals surface area (Å²) in [4.78, 5) is 78.0. The summed E-state index contributed by atoms with van der Waals surface area (Å²) in [6, 6.07) is -6.74. The highest BCUT2D eigenvalue weighted by Gasteiger charge is 2.53. The summed E-state index contributed by atoms with van der Waals surface area (Å²) in [5, 5.41) is 10.9. The van der Waals surface area contributed by atoms with Gasteiger partial charge in [-0.1, -0.05) is 59.8 Å². The standard InChI is InChI=1S/C37H54F3N7O5/c1-5-10-25(29(48)34(51)43-23-15-16-23)44-33(50)28-24-14-9-13-22(24)20-47(28)35(52)31(36(2,3)4)46-32(49)27(21-11-7-6-8-12-21)45-30(37(38,39)40)26-19-41-17-18-42-26/h17-19,21-25,27-28,30-31,45H,5-16,20H2,1-4H3,(H,43,51)(H,44,50)(H,46,49)/t22-,24-,25-,27-,28-,30-,31+/m0/s1. The molecule has 1 aromatic heterocycles. The van der Waals surface area contributed by atoms with Crippen LogP contribution in [0.25, 0.3) is 0 Å². The van der Waals surface area contributed by atoms with Crippen LogP contribution in [0.4, 0.5) is 13.2 Å². The Morgan fingerprint density at radius 1 is 0.923 bits per heavy atom. The van der Waals surface area contributed by atoms with E-state index >= 15 is 0 Å². The van der Waals surface area contributed by atoms with Crippen LogP contribution >= 0.6 is 0 Å². The molecule has 0 aromatic carbocycles. The molecule has 288 valence electrons. The zero-order valence-corrected chi connectivity index (χ0v) is 30.6. The molecular formula is C37H54F3N7O5. The molecule has 15 heteroatoms. The quantitative estimate of drug-likeness (QED) is 0.209. The molecule has 4 aliphatic rings. The van der Waals surface area contributed by atoms with Gasteiger partial charge >= 0.3 is 6.18 Å². The monoisotopic (exact) mass is 733 g/mol. The van der Waals surface area contributed by atoms with E-state index in [-0.39, 0.29) is 36.5 Å². The zero-order chi connectivity index (χ0) is 37.8. The van der Waals surface area contributed by atoms with E-state index in [1.54, 1.807) is 20.8 Å². The molecule has 4 amide bonds. The predicted molar refractivity (Wildman–Crippen MR) is 185 cm³/mol. The van der Waals surface area contributed by atoms with Gasteiger partial charge in [-0.05, 0) is 68.1 Å². The maximum atomic E-state index is 14.6. The topological polar surface area (TPSA) is 162 Å². The number of hydrogen-bond acceptors (Lipinski definition) is 8. The van der Waals surface area contributed by atoms with Crippen molar-refractivity contribution in [2.75, 3.05) is 6.54 Å². The number of Topliss-reactive ketones (excluding diaryl/α,β-unsaturated/α-hetero) is 1. The summed E-state index contributed by atoms with van der Waals surface area (Å²) in [5.74, 6) is -3.77. The first-order valence-corrected chi connectivity index (χ1v) is 18.9. The predicted octanol–water partition coefficient (Wildman–Crippen LogP) is 3.91. The third-order valence-electron chi connectivity index (χ3n) is 11.1. The van der Waals surface area contributed by atoms with Gasteiger partial charge in [-0.3, -0.25) is 39.3 Å². The van der Waals surface area contributed by atoms with Crippen molar-refractivity contribution in [2.24, 2.45) is 23.2 Å². The number of fused-ring (bicyclic) bond motifs is 1. The van der Waals surface area contributed by atoms with Gasteiger partial charge in [0.05, 0.1) is 24.0 Å². The molecule has 2 heterocycles. The SMILES string of the molecule is CCC[C@H](NC(=O)[C@@H]1[C@H]2CCC[C@H]2CN1C(=O)[C@@H](NC(=O)[C@@H](N[C@@H](c1cnccn1)C(F)(F)F)C1CCCCC1)C(C)(C)C)C(=O)C(=O)NC1CC1. The first kappa shape index (κ1) is 39.6. The van der Waals surface area contributed by atoms with Crippen molar-refractivity contribution >= 4 is 29.4 Å². The molecule has 12 nitrogen and oxygen atoms in total. The van der Waals surface area contributed by atoms with E-state index in [1.165, 1.54) is 17.3 Å². The first-order chi connectivity index (χ1) is 24.6. The lowest BCUT2D eigenvalue weighted by molar-refractivity contribution is -0.163. The second-order valence-electron chi connectivity index (χ2n) is 16.2. The Kier molecular flexibility index (Phi) is 12.6. The molecule has 1 aliphatic heterocycles. The maximum absolute atomic E-state index is 14.6. The van der Waals surface area contributed by atoms with Crippen molar-refractivity contribution in [3.05, 3.63) is 24.3 Å². The van der Waals surface area contributed by atoms with Gasteiger partial charge in [0.1, 0.15) is 18.1 Å². The normalized spacial score (nSPS) is 24.7. The lowest BCUT2D eigenvalue weighted by atomic mass is 9.81. The van der Waals surface area contributed by atoms with E-state index in [2.05, 4.69) is 31.2 Å². The maximum Gasteiger partial charge on any atom is 0.409 e. The van der Waals surface area contributed by atoms with Crippen molar-refractivity contribution in [1.29, 1.82) is 0 Å². The third kappa shape index (κ3) is 9.48. The van der Waals surface area contributed by atoms with Gasteiger partial charge in [0.2, 0.25) is 23.5 Å². The van der Waals surface area contributed by atoms with E-state index in [1.807, 2.05) is 6.92 Å². The van der Waals surface area contributed by atoms with E-state index in [4.69, 9.17) is 0 Å². The average molecular weight is 734 g/mol. The van der Waals surface area contributed by atoms with Crippen molar-refractivity contribution in [3.8, 4) is 0 Å². The summed E-state index contributed by atoms with van der Waals surface area (Å²) < 4.78 is 43.5. The molecule has 1 aromatic rings. The number of aromatic nitrogens is 2. The number of nitrogens with one attached hydrogen (secondary N) is 4. The number of likely N-dealkylation sites (tertiary alicyclic amines) is 1. The fraction of sp³-hybridized carbons (Fsp3) is 0.757. The molecular weight excluding hydrogens is 679 g/mol. The molecule has 4 fully saturated rings. The highest BCUT2D eigenvalue weighted by Crippen LogP contribution is 2.43. The summed E-state index contributed by atoms with van der Waals surface area (Å²) in [6.45, 7) is 7.40. The second-order valence-corrected chi connectivity index (χ2v) is 16.2. The van der Waals surface area contributed by atoms with Crippen molar-refractivity contribution in [1.82, 2.24) is 36.1 Å². The van der Waals surface area contributed by atoms with Crippen LogP contribution in [0.1, 0.15) is 116 Å². The van der Waals surface area contributed by atoms with Crippen molar-refractivity contribution < 1.29 is 37.1 Å². The molecule has 0 spiro atoms. The highest BCUT2D eigenvalue weighted by atomic mass is 19.4. The Bertz CT molecular complexity index is 1440. The molecule has 0 radical (unpaired) electrons. The summed E-state index contributed by atoms with van der Waals surface area (Å²) in [6.07, 6.45) is 6.97. The Labute approximate surface area is 303 Å². The van der Waals surface area contributed by atoms with Crippen LogP contribution in [0.2, 0.25) is 0 Å². The van der Waals surface area contributed by atoms with Gasteiger partial charge in [0.25, 0.3) is 5.91 Å². The van der Waals surface area contributed by atoms with Crippen LogP contribution < -0.4 is 21.3 Å². The van der Waals surface area contributed by atoms with Crippen LogP contribution in [0.5, 0.6) is 0 Å². The number of alkyl halides is 3. The van der Waals surface area contributed by atoms with Crippen LogP contribution in [0.15, 0.2) is 18.6 Å². The van der Waals surface area contributed by atoms with E-state index in [0.717, 1.165) is 51.1 Å². The minimum absolute atomic E-state index is 0.0274. The Balaban J connectivity index is 1.39. The van der Waals surface area contributed by atoms with Gasteiger partial charge < -0.3 is 20.9 Å². The van der Waals surface area contributed by atoms with E-state index in [0.29, 0.717) is 25.7 Å². The minimum atomic E-state index is -4.79. The average Bonchev–Trinajstić information content (AvgIpc) is 3.66. The smallest absolute Gasteiger partial charge is 0.347 e. The van der Waals surface area contributed by atoms with Crippen LogP contribution in [0.3, 0.4) is 0 Å². The molecule has 0 bridgehead atoms. The number of hydrogen-bond donors (Lipinski definition) is 4. The van der Waals surface area contributed by atoms with Crippen molar-refractivity contribution in [3.63, 3.8) is 0 Å². The van der Waals surface area contributed by atoms with Gasteiger partial charge in [0.15, 0.2) is 0 Å². The Morgan fingerprint density at radius 2 is 1.63 bits per heavy atom. The summed E-state index contributed by atoms with van der Waals surface area (Å²) >= 11 is 0. The second kappa shape index (κ2) is 16.6. The first-order valence-electron chi connectivity index (χ1n) is 18.9. The highest BCUT2D eigenvalue weighted by molar-refractivity contribution is 6.38. The zero-order valence-electron chi connectivity index (χ0n) is 30.6. The number of nitrogens with zero attached hydrogens (tertiary/aromatic N) is 3. The van der Waals surface area contributed by atoms with Gasteiger partial charge in [-0.25, -0.2) is 0 Å². The molecule has 0 unspecified atom stereocenters. The Hall–Kier alpha value is -3.62. The fourth-order valence-corrected chi connectivity index (χ4v) is 8.25. The number of halogens is 3. The lowest BCUT2D eigenvalue weighted by Gasteiger charge is -2.39. The molecule has 7 atom stereocenters. The molecule has 3 aliphatic carbocycles. The largest absolute Gasteiger partial charge is 0.409 e. The third-order valence-corrected chi connectivity index (χ3v) is 11.1. The summed E-state index contributed by atoms with van der Waals surface area (Å²) in [7, 11) is 0. The summed E-state index contributed by atoms with van der Waals surface area (Å²) in [5.41, 5.74) is -1.26. The van der Waals surface area contributed by atoms with Gasteiger partial charge in [-0.2, -0.15) is 13.2 Å². The van der Waals surface area contributed by atoms with Crippen LogP contribution in [-0.4, -0.2) is 87.2 Å². The fourth-order valence-electron chi connectivity index (χ4n) is 8.25. The molecule has 52 heavy (non-hydrogen) atoms. The number of rotatable bonds is 14. The number of carbonyl (C=O) groups excluding carboxylic acids is 5. The molecule has 3 saturated carbocycles. The number of amides is 4.